The lowest BCUT2D eigenvalue weighted by Gasteiger charge is -2.35. The Morgan fingerprint density at radius 2 is 2.04 bits per heavy atom. The van der Waals surface area contributed by atoms with Gasteiger partial charge in [0.25, 0.3) is 0 Å². The average Bonchev–Trinajstić information content (AvgIpc) is 2.90. The van der Waals surface area contributed by atoms with Crippen LogP contribution in [0.15, 0.2) is 0 Å². The number of piperidine rings is 1. The molecule has 2 aliphatic heterocycles. The lowest BCUT2D eigenvalue weighted by Crippen LogP contribution is -2.51. The van der Waals surface area contributed by atoms with Crippen molar-refractivity contribution in [3.05, 3.63) is 0 Å². The van der Waals surface area contributed by atoms with E-state index in [2.05, 4.69) is 24.1 Å². The zero-order valence-corrected chi connectivity index (χ0v) is 14.6. The predicted molar refractivity (Wildman–Crippen MR) is 89.3 cm³/mol. The SMILES string of the molecule is CC(C)CN1CCC[C@@H]1CNC(=O)N1CC(C)CC(C(=O)O)C1. The van der Waals surface area contributed by atoms with Crippen LogP contribution in [0.5, 0.6) is 0 Å². The van der Waals surface area contributed by atoms with Gasteiger partial charge in [0.15, 0.2) is 0 Å². The van der Waals surface area contributed by atoms with Crippen molar-refractivity contribution < 1.29 is 14.7 Å². The van der Waals surface area contributed by atoms with E-state index >= 15 is 0 Å². The Labute approximate surface area is 139 Å². The topological polar surface area (TPSA) is 72.9 Å². The van der Waals surface area contributed by atoms with E-state index in [1.54, 1.807) is 4.90 Å². The van der Waals surface area contributed by atoms with Gasteiger partial charge in [0.05, 0.1) is 5.92 Å². The van der Waals surface area contributed by atoms with Crippen LogP contribution in [-0.2, 0) is 4.79 Å². The quantitative estimate of drug-likeness (QED) is 0.809. The van der Waals surface area contributed by atoms with Crippen LogP contribution >= 0.6 is 0 Å². The second-order valence-electron chi connectivity index (χ2n) is 7.65. The summed E-state index contributed by atoms with van der Waals surface area (Å²) < 4.78 is 0. The molecule has 2 aliphatic rings. The summed E-state index contributed by atoms with van der Waals surface area (Å²) in [5.41, 5.74) is 0. The summed E-state index contributed by atoms with van der Waals surface area (Å²) in [4.78, 5) is 27.8. The Morgan fingerprint density at radius 3 is 2.70 bits per heavy atom. The normalized spacial score (nSPS) is 29.0. The Bertz CT molecular complexity index is 427. The number of carbonyl (C=O) groups excluding carboxylic acids is 1. The van der Waals surface area contributed by atoms with Crippen molar-refractivity contribution in [2.75, 3.05) is 32.7 Å². The molecular formula is C17H31N3O3. The second kappa shape index (κ2) is 7.99. The van der Waals surface area contributed by atoms with Crippen molar-refractivity contribution in [3.63, 3.8) is 0 Å². The van der Waals surface area contributed by atoms with E-state index in [9.17, 15) is 14.7 Å². The maximum Gasteiger partial charge on any atom is 0.317 e. The van der Waals surface area contributed by atoms with Crippen LogP contribution in [0.25, 0.3) is 0 Å². The zero-order chi connectivity index (χ0) is 17.0. The fourth-order valence-corrected chi connectivity index (χ4v) is 3.85. The molecule has 0 aromatic carbocycles. The molecule has 2 fully saturated rings. The molecule has 2 heterocycles. The van der Waals surface area contributed by atoms with Crippen molar-refractivity contribution in [2.24, 2.45) is 17.8 Å². The summed E-state index contributed by atoms with van der Waals surface area (Å²) in [5.74, 6) is -0.369. The van der Waals surface area contributed by atoms with Crippen LogP contribution in [-0.4, -0.2) is 65.7 Å². The number of aliphatic carboxylic acids is 1. The van der Waals surface area contributed by atoms with Gasteiger partial charge in [0.1, 0.15) is 0 Å². The fourth-order valence-electron chi connectivity index (χ4n) is 3.85. The first-order valence-corrected chi connectivity index (χ1v) is 8.86. The number of carboxylic acids is 1. The molecule has 2 saturated heterocycles. The molecule has 3 atom stereocenters. The van der Waals surface area contributed by atoms with E-state index in [-0.39, 0.29) is 11.9 Å². The molecule has 6 heteroatoms. The molecule has 0 spiro atoms. The van der Waals surface area contributed by atoms with Gasteiger partial charge in [-0.2, -0.15) is 0 Å². The van der Waals surface area contributed by atoms with E-state index in [1.165, 1.54) is 6.42 Å². The standard InChI is InChI=1S/C17H31N3O3/c1-12(2)9-19-6-4-5-15(19)8-18-17(23)20-10-13(3)7-14(11-20)16(21)22/h12-15H,4-11H2,1-3H3,(H,18,23)(H,21,22)/t13?,14?,15-/m1/s1. The first-order chi connectivity index (χ1) is 10.9. The van der Waals surface area contributed by atoms with E-state index in [1.807, 2.05) is 6.92 Å². The first kappa shape index (κ1) is 18.0. The van der Waals surface area contributed by atoms with Crippen LogP contribution in [0.3, 0.4) is 0 Å². The first-order valence-electron chi connectivity index (χ1n) is 8.86. The Morgan fingerprint density at radius 1 is 1.30 bits per heavy atom. The highest BCUT2D eigenvalue weighted by molar-refractivity contribution is 5.76. The third-order valence-electron chi connectivity index (χ3n) is 4.88. The van der Waals surface area contributed by atoms with Gasteiger partial charge in [-0.05, 0) is 37.6 Å². The highest BCUT2D eigenvalue weighted by atomic mass is 16.4. The largest absolute Gasteiger partial charge is 0.481 e. The van der Waals surface area contributed by atoms with Gasteiger partial charge in [-0.15, -0.1) is 0 Å². The Hall–Kier alpha value is -1.30. The Kier molecular flexibility index (Phi) is 6.27. The van der Waals surface area contributed by atoms with Gasteiger partial charge >= 0.3 is 12.0 Å². The molecular weight excluding hydrogens is 294 g/mol. The van der Waals surface area contributed by atoms with E-state index in [4.69, 9.17) is 0 Å². The van der Waals surface area contributed by atoms with E-state index < -0.39 is 11.9 Å². The minimum atomic E-state index is -0.798. The maximum absolute atomic E-state index is 12.4. The second-order valence-corrected chi connectivity index (χ2v) is 7.65. The van der Waals surface area contributed by atoms with Gasteiger partial charge < -0.3 is 15.3 Å². The van der Waals surface area contributed by atoms with Crippen molar-refractivity contribution >= 4 is 12.0 Å². The molecule has 132 valence electrons. The summed E-state index contributed by atoms with van der Waals surface area (Å²) in [6.45, 7) is 10.3. The number of carbonyl (C=O) groups is 2. The molecule has 0 aromatic heterocycles. The summed E-state index contributed by atoms with van der Waals surface area (Å²) in [5, 5.41) is 12.2. The monoisotopic (exact) mass is 325 g/mol. The van der Waals surface area contributed by atoms with Gasteiger partial charge in [-0.25, -0.2) is 4.79 Å². The van der Waals surface area contributed by atoms with Crippen LogP contribution in [0.2, 0.25) is 0 Å². The number of carboxylic acid groups (broad SMARTS) is 1. The molecule has 6 nitrogen and oxygen atoms in total. The summed E-state index contributed by atoms with van der Waals surface area (Å²) in [6, 6.07) is 0.304. The molecule has 2 amide bonds. The lowest BCUT2D eigenvalue weighted by atomic mass is 9.91. The number of nitrogens with one attached hydrogen (secondary N) is 1. The van der Waals surface area contributed by atoms with Crippen LogP contribution in [0.1, 0.15) is 40.0 Å². The van der Waals surface area contributed by atoms with E-state index in [0.29, 0.717) is 38.0 Å². The molecule has 0 radical (unpaired) electrons. The molecule has 0 saturated carbocycles. The molecule has 0 aromatic rings. The lowest BCUT2D eigenvalue weighted by molar-refractivity contribution is -0.143. The van der Waals surface area contributed by atoms with Crippen LogP contribution in [0, 0.1) is 17.8 Å². The number of hydrogen-bond acceptors (Lipinski definition) is 3. The highest BCUT2D eigenvalue weighted by Gasteiger charge is 2.32. The van der Waals surface area contributed by atoms with Gasteiger partial charge in [-0.1, -0.05) is 20.8 Å². The fraction of sp³-hybridized carbons (Fsp3) is 0.882. The van der Waals surface area contributed by atoms with Gasteiger partial charge in [0, 0.05) is 32.2 Å². The average molecular weight is 325 g/mol. The minimum Gasteiger partial charge on any atom is -0.481 e. The van der Waals surface area contributed by atoms with Crippen molar-refractivity contribution in [2.45, 2.75) is 46.1 Å². The number of amides is 2. The number of urea groups is 1. The highest BCUT2D eigenvalue weighted by Crippen LogP contribution is 2.22. The molecule has 2 unspecified atom stereocenters. The maximum atomic E-state index is 12.4. The van der Waals surface area contributed by atoms with Gasteiger partial charge in [0.2, 0.25) is 0 Å². The number of rotatable bonds is 5. The third kappa shape index (κ3) is 5.09. The molecule has 0 aliphatic carbocycles. The Balaban J connectivity index is 1.83. The van der Waals surface area contributed by atoms with Crippen LogP contribution < -0.4 is 5.32 Å². The van der Waals surface area contributed by atoms with E-state index in [0.717, 1.165) is 19.5 Å². The van der Waals surface area contributed by atoms with Crippen LogP contribution in [0.4, 0.5) is 4.79 Å². The molecule has 0 bridgehead atoms. The third-order valence-corrected chi connectivity index (χ3v) is 4.88. The number of likely N-dealkylation sites (tertiary alicyclic amines) is 2. The van der Waals surface area contributed by atoms with Crippen molar-refractivity contribution in [1.82, 2.24) is 15.1 Å². The minimum absolute atomic E-state index is 0.112. The van der Waals surface area contributed by atoms with Crippen molar-refractivity contribution in [3.8, 4) is 0 Å². The molecule has 2 N–H and O–H groups in total. The summed E-state index contributed by atoms with van der Waals surface area (Å²) in [7, 11) is 0. The predicted octanol–water partition coefficient (Wildman–Crippen LogP) is 1.86. The zero-order valence-electron chi connectivity index (χ0n) is 14.6. The summed E-state index contributed by atoms with van der Waals surface area (Å²) in [6.07, 6.45) is 2.97. The molecule has 2 rings (SSSR count). The van der Waals surface area contributed by atoms with Crippen molar-refractivity contribution in [1.29, 1.82) is 0 Å². The number of nitrogens with zero attached hydrogens (tertiary/aromatic N) is 2. The smallest absolute Gasteiger partial charge is 0.317 e. The molecule has 23 heavy (non-hydrogen) atoms. The van der Waals surface area contributed by atoms with Gasteiger partial charge in [-0.3, -0.25) is 9.69 Å². The summed E-state index contributed by atoms with van der Waals surface area (Å²) >= 11 is 0. The number of hydrogen-bond donors (Lipinski definition) is 2.